The molecule has 0 saturated carbocycles. The van der Waals surface area contributed by atoms with E-state index in [0.29, 0.717) is 13.2 Å². The monoisotopic (exact) mass is 397 g/mol. The number of hydrogen-bond acceptors (Lipinski definition) is 7. The summed E-state index contributed by atoms with van der Waals surface area (Å²) in [6.07, 6.45) is 0. The van der Waals surface area contributed by atoms with Crippen LogP contribution in [-0.4, -0.2) is 51.1 Å². The van der Waals surface area contributed by atoms with E-state index >= 15 is 0 Å². The Kier molecular flexibility index (Phi) is 5.99. The van der Waals surface area contributed by atoms with Gasteiger partial charge in [-0.1, -0.05) is 6.07 Å². The van der Waals surface area contributed by atoms with E-state index in [-0.39, 0.29) is 23.2 Å². The van der Waals surface area contributed by atoms with E-state index in [2.05, 4.69) is 9.62 Å². The highest BCUT2D eigenvalue weighted by Gasteiger charge is 2.26. The SMILES string of the molecule is O=[N+]([O-])c1ccc(S(=O)(=O)NC[C@@H](c2cccs2)N2CCOCC2)cc1. The van der Waals surface area contributed by atoms with Crippen molar-refractivity contribution in [2.24, 2.45) is 0 Å². The minimum atomic E-state index is -3.75. The number of nitro benzene ring substituents is 1. The zero-order valence-electron chi connectivity index (χ0n) is 13.9. The summed E-state index contributed by atoms with van der Waals surface area (Å²) in [5, 5.41) is 12.7. The second-order valence-corrected chi connectivity index (χ2v) is 8.53. The highest BCUT2D eigenvalue weighted by molar-refractivity contribution is 7.89. The molecule has 0 aliphatic carbocycles. The van der Waals surface area contributed by atoms with Crippen LogP contribution < -0.4 is 4.72 Å². The zero-order valence-corrected chi connectivity index (χ0v) is 15.5. The second kappa shape index (κ2) is 8.23. The molecule has 2 heterocycles. The van der Waals surface area contributed by atoms with Gasteiger partial charge in [-0.25, -0.2) is 13.1 Å². The third-order valence-corrected chi connectivity index (χ3v) is 6.60. The first-order valence-electron chi connectivity index (χ1n) is 8.07. The van der Waals surface area contributed by atoms with Gasteiger partial charge in [-0.05, 0) is 23.6 Å². The predicted octanol–water partition coefficient (Wildman–Crippen LogP) is 2.01. The van der Waals surface area contributed by atoms with E-state index in [0.717, 1.165) is 18.0 Å². The van der Waals surface area contributed by atoms with Gasteiger partial charge in [0.15, 0.2) is 0 Å². The molecule has 1 N–H and O–H groups in total. The number of nitrogens with zero attached hydrogens (tertiary/aromatic N) is 2. The van der Waals surface area contributed by atoms with Gasteiger partial charge in [0.05, 0.1) is 29.1 Å². The number of nitro groups is 1. The summed E-state index contributed by atoms with van der Waals surface area (Å²) in [6.45, 7) is 2.94. The third kappa shape index (κ3) is 4.46. The lowest BCUT2D eigenvalue weighted by atomic mass is 10.2. The molecule has 2 aromatic rings. The number of non-ortho nitro benzene ring substituents is 1. The van der Waals surface area contributed by atoms with Gasteiger partial charge >= 0.3 is 0 Å². The topological polar surface area (TPSA) is 102 Å². The molecule has 1 aliphatic rings. The molecular formula is C16H19N3O5S2. The van der Waals surface area contributed by atoms with Gasteiger partial charge in [0.1, 0.15) is 0 Å². The molecule has 1 aromatic carbocycles. The molecule has 0 radical (unpaired) electrons. The summed E-state index contributed by atoms with van der Waals surface area (Å²) in [5.41, 5.74) is -0.145. The Morgan fingerprint density at radius 3 is 2.50 bits per heavy atom. The van der Waals surface area contributed by atoms with Crippen LogP contribution in [0.5, 0.6) is 0 Å². The van der Waals surface area contributed by atoms with Crippen LogP contribution in [-0.2, 0) is 14.8 Å². The van der Waals surface area contributed by atoms with E-state index in [4.69, 9.17) is 4.74 Å². The van der Waals surface area contributed by atoms with Gasteiger partial charge in [-0.2, -0.15) is 0 Å². The Morgan fingerprint density at radius 2 is 1.92 bits per heavy atom. The molecule has 1 atom stereocenters. The number of morpholine rings is 1. The smallest absolute Gasteiger partial charge is 0.269 e. The minimum absolute atomic E-state index is 0.00927. The summed E-state index contributed by atoms with van der Waals surface area (Å²) < 4.78 is 33.1. The van der Waals surface area contributed by atoms with E-state index < -0.39 is 14.9 Å². The van der Waals surface area contributed by atoms with Crippen molar-refractivity contribution in [3.63, 3.8) is 0 Å². The first kappa shape index (κ1) is 18.9. The van der Waals surface area contributed by atoms with Crippen molar-refractivity contribution in [3.8, 4) is 0 Å². The highest BCUT2D eigenvalue weighted by Crippen LogP contribution is 2.26. The Morgan fingerprint density at radius 1 is 1.23 bits per heavy atom. The lowest BCUT2D eigenvalue weighted by Gasteiger charge is -2.34. The maximum absolute atomic E-state index is 12.5. The summed E-state index contributed by atoms with van der Waals surface area (Å²) in [4.78, 5) is 13.4. The van der Waals surface area contributed by atoms with Crippen molar-refractivity contribution in [1.82, 2.24) is 9.62 Å². The number of rotatable bonds is 7. The number of thiophene rings is 1. The van der Waals surface area contributed by atoms with Crippen LogP contribution in [0.2, 0.25) is 0 Å². The standard InChI is InChI=1S/C16H19N3O5S2/c20-19(21)13-3-5-14(6-4-13)26(22,23)17-12-15(16-2-1-11-25-16)18-7-9-24-10-8-18/h1-6,11,15,17H,7-10,12H2/t15-/m0/s1. The van der Waals surface area contributed by atoms with Crippen molar-refractivity contribution in [3.05, 3.63) is 56.8 Å². The van der Waals surface area contributed by atoms with E-state index in [9.17, 15) is 18.5 Å². The summed E-state index contributed by atoms with van der Waals surface area (Å²) in [7, 11) is -3.75. The first-order chi connectivity index (χ1) is 12.5. The molecule has 1 aliphatic heterocycles. The molecule has 3 rings (SSSR count). The Hall–Kier alpha value is -1.85. The lowest BCUT2D eigenvalue weighted by Crippen LogP contribution is -2.43. The average molecular weight is 397 g/mol. The fourth-order valence-electron chi connectivity index (χ4n) is 2.80. The van der Waals surface area contributed by atoms with Crippen molar-refractivity contribution in [2.45, 2.75) is 10.9 Å². The zero-order chi connectivity index (χ0) is 18.6. The van der Waals surface area contributed by atoms with Crippen LogP contribution in [0.3, 0.4) is 0 Å². The van der Waals surface area contributed by atoms with Gasteiger partial charge in [0.2, 0.25) is 10.0 Å². The molecule has 1 aromatic heterocycles. The molecule has 0 spiro atoms. The molecule has 8 nitrogen and oxygen atoms in total. The number of nitrogens with one attached hydrogen (secondary N) is 1. The normalized spacial score (nSPS) is 17.1. The molecule has 1 fully saturated rings. The van der Waals surface area contributed by atoms with Crippen molar-refractivity contribution in [1.29, 1.82) is 0 Å². The summed E-state index contributed by atoms with van der Waals surface area (Å²) in [6, 6.07) is 8.72. The van der Waals surface area contributed by atoms with Gasteiger partial charge in [0.25, 0.3) is 5.69 Å². The Labute approximate surface area is 155 Å². The number of ether oxygens (including phenoxy) is 1. The van der Waals surface area contributed by atoms with Crippen LogP contribution in [0.25, 0.3) is 0 Å². The van der Waals surface area contributed by atoms with Gasteiger partial charge < -0.3 is 4.74 Å². The maximum atomic E-state index is 12.5. The molecule has 0 bridgehead atoms. The lowest BCUT2D eigenvalue weighted by molar-refractivity contribution is -0.384. The molecular weight excluding hydrogens is 378 g/mol. The number of benzene rings is 1. The highest BCUT2D eigenvalue weighted by atomic mass is 32.2. The number of sulfonamides is 1. The third-order valence-electron chi connectivity index (χ3n) is 4.18. The molecule has 10 heteroatoms. The predicted molar refractivity (Wildman–Crippen MR) is 97.7 cm³/mol. The van der Waals surface area contributed by atoms with Gasteiger partial charge in [-0.15, -0.1) is 11.3 Å². The molecule has 140 valence electrons. The molecule has 1 saturated heterocycles. The average Bonchev–Trinajstić information content (AvgIpc) is 3.17. The summed E-state index contributed by atoms with van der Waals surface area (Å²) in [5.74, 6) is 0. The molecule has 26 heavy (non-hydrogen) atoms. The van der Waals surface area contributed by atoms with Crippen LogP contribution in [0.15, 0.2) is 46.7 Å². The largest absolute Gasteiger partial charge is 0.379 e. The first-order valence-corrected chi connectivity index (χ1v) is 10.4. The summed E-state index contributed by atoms with van der Waals surface area (Å²) >= 11 is 1.58. The fourth-order valence-corrected chi connectivity index (χ4v) is 4.70. The van der Waals surface area contributed by atoms with E-state index in [1.54, 1.807) is 11.3 Å². The maximum Gasteiger partial charge on any atom is 0.269 e. The number of hydrogen-bond donors (Lipinski definition) is 1. The van der Waals surface area contributed by atoms with Gasteiger partial charge in [-0.3, -0.25) is 15.0 Å². The van der Waals surface area contributed by atoms with Crippen LogP contribution in [0.4, 0.5) is 5.69 Å². The van der Waals surface area contributed by atoms with Gasteiger partial charge in [0, 0.05) is 36.6 Å². The van der Waals surface area contributed by atoms with Crippen molar-refractivity contribution in [2.75, 3.05) is 32.8 Å². The Balaban J connectivity index is 1.73. The van der Waals surface area contributed by atoms with Crippen LogP contribution >= 0.6 is 11.3 Å². The van der Waals surface area contributed by atoms with Crippen molar-refractivity contribution < 1.29 is 18.1 Å². The Bertz CT molecular complexity index is 831. The molecule has 0 unspecified atom stereocenters. The second-order valence-electron chi connectivity index (χ2n) is 5.78. The minimum Gasteiger partial charge on any atom is -0.379 e. The molecule has 0 amide bonds. The van der Waals surface area contributed by atoms with Crippen molar-refractivity contribution >= 4 is 27.0 Å². The van der Waals surface area contributed by atoms with E-state index in [1.807, 2.05) is 17.5 Å². The van der Waals surface area contributed by atoms with Crippen LogP contribution in [0.1, 0.15) is 10.9 Å². The van der Waals surface area contributed by atoms with E-state index in [1.165, 1.54) is 24.3 Å². The quantitative estimate of drug-likeness (QED) is 0.566. The fraction of sp³-hybridized carbons (Fsp3) is 0.375. The van der Waals surface area contributed by atoms with Crippen LogP contribution in [0, 0.1) is 10.1 Å².